The summed E-state index contributed by atoms with van der Waals surface area (Å²) in [6.07, 6.45) is 4.85. The average Bonchev–Trinajstić information content (AvgIpc) is 3.16. The molecule has 0 saturated carbocycles. The first-order valence-electron chi connectivity index (χ1n) is 11.4. The lowest BCUT2D eigenvalue weighted by Crippen LogP contribution is -2.22. The number of hydrogen-bond acceptors (Lipinski definition) is 10. The minimum Gasteiger partial charge on any atom is -0.369 e. The normalized spacial score (nSPS) is 12.5. The number of nitrogens with zero attached hydrogens (tertiary/aromatic N) is 3. The number of anilines is 1. The second-order valence-corrected chi connectivity index (χ2v) is 9.37. The molecule has 0 fully saturated rings. The number of unbranched alkanes of at least 4 members (excludes halogenated alkanes) is 1. The maximum atomic E-state index is 11.6. The Hall–Kier alpha value is -1.90. The van der Waals surface area contributed by atoms with Crippen molar-refractivity contribution in [3.05, 3.63) is 16.7 Å². The van der Waals surface area contributed by atoms with Gasteiger partial charge >= 0.3 is 7.60 Å². The third-order valence-electron chi connectivity index (χ3n) is 4.55. The minimum absolute atomic E-state index is 0.0342. The van der Waals surface area contributed by atoms with E-state index in [9.17, 15) is 9.36 Å². The third-order valence-corrected chi connectivity index (χ3v) is 5.03. The van der Waals surface area contributed by atoms with Crippen LogP contribution in [0.25, 0.3) is 11.2 Å². The van der Waals surface area contributed by atoms with E-state index in [1.165, 1.54) is 23.7 Å². The molecule has 0 aliphatic carbocycles. The van der Waals surface area contributed by atoms with E-state index in [1.807, 2.05) is 0 Å². The largest absolute Gasteiger partial charge is 0.369 e. The molecule has 1 unspecified atom stereocenters. The lowest BCUT2D eigenvalue weighted by Gasteiger charge is -2.14. The van der Waals surface area contributed by atoms with E-state index in [2.05, 4.69) is 25.6 Å². The van der Waals surface area contributed by atoms with Gasteiger partial charge in [-0.15, -0.1) is 0 Å². The average molecular weight is 506 g/mol. The molecule has 2 aromatic rings. The molecule has 0 radical (unpaired) electrons. The Morgan fingerprint density at radius 3 is 2.21 bits per heavy atom. The molecule has 0 amide bonds. The summed E-state index contributed by atoms with van der Waals surface area (Å²) in [6, 6.07) is 0. The van der Waals surface area contributed by atoms with Crippen LogP contribution in [0, 0.1) is 0 Å². The van der Waals surface area contributed by atoms with Crippen molar-refractivity contribution in [1.29, 1.82) is 0 Å². The fourth-order valence-corrected chi connectivity index (χ4v) is 3.31. The number of H-pyrrole nitrogens is 1. The maximum absolute atomic E-state index is 11.6. The summed E-state index contributed by atoms with van der Waals surface area (Å²) in [5, 5.41) is 6.72. The summed E-state index contributed by atoms with van der Waals surface area (Å²) >= 11 is 0. The van der Waals surface area contributed by atoms with Crippen LogP contribution in [0.1, 0.15) is 32.6 Å². The molecule has 0 aliphatic heterocycles. The summed E-state index contributed by atoms with van der Waals surface area (Å²) in [5.41, 5.74) is 16.2. The number of nitrogens with one attached hydrogen (secondary N) is 3. The van der Waals surface area contributed by atoms with Crippen LogP contribution in [0.15, 0.2) is 11.1 Å². The van der Waals surface area contributed by atoms with Crippen molar-refractivity contribution in [3.8, 4) is 0 Å². The SMILES string of the molecule is CC(Cn1cnc2c(=O)[nH]c(N)nc21)OCP(=O)(O)O.NCCCNCCCCNCCCN. The van der Waals surface area contributed by atoms with Crippen molar-refractivity contribution in [3.63, 3.8) is 0 Å². The van der Waals surface area contributed by atoms with Gasteiger partial charge in [0, 0.05) is 0 Å². The van der Waals surface area contributed by atoms with E-state index >= 15 is 0 Å². The number of aromatic amines is 1. The van der Waals surface area contributed by atoms with Crippen LogP contribution in [0.4, 0.5) is 5.95 Å². The van der Waals surface area contributed by atoms with Crippen LogP contribution in [0.2, 0.25) is 0 Å². The van der Waals surface area contributed by atoms with Crippen molar-refractivity contribution in [2.24, 2.45) is 11.5 Å². The number of rotatable bonds is 16. The lowest BCUT2D eigenvalue weighted by atomic mass is 10.3. The van der Waals surface area contributed by atoms with Gasteiger partial charge in [0.05, 0.1) is 19.0 Å². The van der Waals surface area contributed by atoms with Crippen LogP contribution in [0.3, 0.4) is 0 Å². The zero-order valence-corrected chi connectivity index (χ0v) is 20.7. The fraction of sp³-hybridized carbons (Fsp3) is 0.737. The molecule has 14 nitrogen and oxygen atoms in total. The molecule has 2 rings (SSSR count). The Labute approximate surface area is 199 Å². The molecular weight excluding hydrogens is 465 g/mol. The van der Waals surface area contributed by atoms with Gasteiger partial charge in [-0.25, -0.2) is 4.98 Å². The highest BCUT2D eigenvalue weighted by atomic mass is 31.2. The van der Waals surface area contributed by atoms with Crippen LogP contribution < -0.4 is 33.4 Å². The fourth-order valence-electron chi connectivity index (χ4n) is 2.86. The maximum Gasteiger partial charge on any atom is 0.350 e. The summed E-state index contributed by atoms with van der Waals surface area (Å²) in [5.74, 6) is -0.0342. The predicted octanol–water partition coefficient (Wildman–Crippen LogP) is -1.11. The number of nitrogens with two attached hydrogens (primary N) is 3. The number of ether oxygens (including phenoxy) is 1. The molecular formula is C19H40N9O5P. The molecule has 0 aliphatic rings. The zero-order valence-electron chi connectivity index (χ0n) is 19.8. The first-order valence-corrected chi connectivity index (χ1v) is 13.2. The first kappa shape index (κ1) is 30.1. The highest BCUT2D eigenvalue weighted by Crippen LogP contribution is 2.34. The Kier molecular flexibility index (Phi) is 14.8. The van der Waals surface area contributed by atoms with E-state index in [0.717, 1.165) is 52.1 Å². The second-order valence-electron chi connectivity index (χ2n) is 7.78. The quantitative estimate of drug-likeness (QED) is 0.100. The molecule has 0 bridgehead atoms. The van der Waals surface area contributed by atoms with Crippen LogP contribution in [-0.2, 0) is 15.8 Å². The molecule has 196 valence electrons. The van der Waals surface area contributed by atoms with Gasteiger partial charge in [-0.05, 0) is 71.9 Å². The van der Waals surface area contributed by atoms with Gasteiger partial charge in [0.1, 0.15) is 6.35 Å². The standard InChI is InChI=1S/C10H26N4.C9H14N5O5P/c11-5-3-9-13-7-1-2-8-14-10-4-6-12;1-5(19-4-20(16,17)18)2-14-3-11-6-7(14)12-9(10)13-8(6)15/h13-14H,1-12H2;3,5H,2,4H2,1H3,(H2,16,17,18)(H3,10,12,13,15). The molecule has 1 atom stereocenters. The Morgan fingerprint density at radius 1 is 1.12 bits per heavy atom. The van der Waals surface area contributed by atoms with Crippen molar-refractivity contribution >= 4 is 24.7 Å². The number of imidazole rings is 1. The number of nitrogen functional groups attached to an aromatic ring is 1. The van der Waals surface area contributed by atoms with Gasteiger partial charge in [0.15, 0.2) is 11.2 Å². The molecule has 34 heavy (non-hydrogen) atoms. The highest BCUT2D eigenvalue weighted by Gasteiger charge is 2.17. The van der Waals surface area contributed by atoms with E-state index in [0.29, 0.717) is 0 Å². The van der Waals surface area contributed by atoms with Crippen LogP contribution >= 0.6 is 7.60 Å². The molecule has 0 aromatic carbocycles. The number of aromatic nitrogens is 4. The minimum atomic E-state index is -4.21. The van der Waals surface area contributed by atoms with Crippen molar-refractivity contribution in [1.82, 2.24) is 30.2 Å². The Bertz CT molecular complexity index is 905. The van der Waals surface area contributed by atoms with Crippen LogP contribution in [0.5, 0.6) is 0 Å². The molecule has 0 saturated heterocycles. The summed E-state index contributed by atoms with van der Waals surface area (Å²) in [6.45, 7) is 7.76. The van der Waals surface area contributed by atoms with Crippen molar-refractivity contribution < 1.29 is 19.1 Å². The monoisotopic (exact) mass is 505 g/mol. The number of fused-ring (bicyclic) bond motifs is 1. The van der Waals surface area contributed by atoms with Crippen molar-refractivity contribution in [2.45, 2.75) is 45.3 Å². The molecule has 15 heteroatoms. The Morgan fingerprint density at radius 2 is 1.68 bits per heavy atom. The lowest BCUT2D eigenvalue weighted by molar-refractivity contribution is 0.0764. The predicted molar refractivity (Wildman–Crippen MR) is 132 cm³/mol. The first-order chi connectivity index (χ1) is 16.2. The smallest absolute Gasteiger partial charge is 0.350 e. The summed E-state index contributed by atoms with van der Waals surface area (Å²) in [7, 11) is -4.21. The molecule has 2 aromatic heterocycles. The zero-order chi connectivity index (χ0) is 25.4. The van der Waals surface area contributed by atoms with E-state index < -0.39 is 25.6 Å². The second kappa shape index (κ2) is 16.7. The van der Waals surface area contributed by atoms with E-state index in [4.69, 9.17) is 31.7 Å². The van der Waals surface area contributed by atoms with Crippen molar-refractivity contribution in [2.75, 3.05) is 51.4 Å². The summed E-state index contributed by atoms with van der Waals surface area (Å²) in [4.78, 5) is 39.2. The van der Waals surface area contributed by atoms with Gasteiger partial charge < -0.3 is 46.9 Å². The highest BCUT2D eigenvalue weighted by molar-refractivity contribution is 7.51. The van der Waals surface area contributed by atoms with Crippen LogP contribution in [-0.4, -0.2) is 81.0 Å². The van der Waals surface area contributed by atoms with Gasteiger partial charge in [-0.2, -0.15) is 4.98 Å². The Balaban J connectivity index is 0.000000365. The topological polar surface area (TPSA) is 232 Å². The van der Waals surface area contributed by atoms with E-state index in [-0.39, 0.29) is 23.7 Å². The van der Waals surface area contributed by atoms with Gasteiger partial charge in [-0.3, -0.25) is 14.3 Å². The third kappa shape index (κ3) is 13.1. The molecule has 0 spiro atoms. The van der Waals surface area contributed by atoms with Gasteiger partial charge in [0.25, 0.3) is 5.56 Å². The van der Waals surface area contributed by atoms with Gasteiger partial charge in [-0.1, -0.05) is 0 Å². The summed E-state index contributed by atoms with van der Waals surface area (Å²) < 4.78 is 17.3. The molecule has 11 N–H and O–H groups in total. The molecule has 2 heterocycles. The van der Waals surface area contributed by atoms with E-state index in [1.54, 1.807) is 6.92 Å². The number of hydrogen-bond donors (Lipinski definition) is 8. The van der Waals surface area contributed by atoms with Gasteiger partial charge in [0.2, 0.25) is 5.95 Å².